The highest BCUT2D eigenvalue weighted by Gasteiger charge is 2.12. The molecule has 92 valence electrons. The third-order valence-corrected chi connectivity index (χ3v) is 2.40. The summed E-state index contributed by atoms with van der Waals surface area (Å²) in [5.41, 5.74) is 1.40. The number of anilines is 2. The molecule has 0 saturated heterocycles. The molecule has 2 aromatic rings. The molecule has 2 aromatic heterocycles. The highest BCUT2D eigenvalue weighted by atomic mass is 16.3. The van der Waals surface area contributed by atoms with Crippen molar-refractivity contribution in [1.29, 1.82) is 0 Å². The number of aliphatic hydroxyl groups is 1. The van der Waals surface area contributed by atoms with Crippen LogP contribution in [0.25, 0.3) is 11.2 Å². The third-order valence-electron chi connectivity index (χ3n) is 2.40. The molecular weight excluding hydrogens is 220 g/mol. The van der Waals surface area contributed by atoms with Gasteiger partial charge in [-0.3, -0.25) is 0 Å². The Labute approximate surface area is 98.9 Å². The number of imidazole rings is 1. The lowest BCUT2D eigenvalue weighted by atomic mass is 10.4. The van der Waals surface area contributed by atoms with Crippen LogP contribution in [0.4, 0.5) is 11.8 Å². The molecule has 0 radical (unpaired) electrons. The molecule has 0 saturated carbocycles. The zero-order chi connectivity index (χ0) is 12.3. The van der Waals surface area contributed by atoms with E-state index in [1.54, 1.807) is 6.33 Å². The van der Waals surface area contributed by atoms with Crippen molar-refractivity contribution in [3.63, 3.8) is 0 Å². The van der Waals surface area contributed by atoms with E-state index < -0.39 is 0 Å². The average molecular weight is 236 g/mol. The first-order valence-electron chi connectivity index (χ1n) is 5.53. The van der Waals surface area contributed by atoms with Crippen LogP contribution in [0, 0.1) is 0 Å². The molecule has 0 bridgehead atoms. The van der Waals surface area contributed by atoms with E-state index in [-0.39, 0.29) is 6.61 Å². The highest BCUT2D eigenvalue weighted by molar-refractivity contribution is 5.84. The minimum atomic E-state index is 0.0761. The molecule has 2 rings (SSSR count). The number of aliphatic hydroxyl groups excluding tert-OH is 1. The molecule has 7 nitrogen and oxygen atoms in total. The Morgan fingerprint density at radius 3 is 3.00 bits per heavy atom. The van der Waals surface area contributed by atoms with Crippen LogP contribution in [0.2, 0.25) is 0 Å². The van der Waals surface area contributed by atoms with Crippen molar-refractivity contribution in [1.82, 2.24) is 19.9 Å². The predicted octanol–water partition coefficient (Wildman–Crippen LogP) is 0.213. The van der Waals surface area contributed by atoms with Gasteiger partial charge in [0.1, 0.15) is 5.52 Å². The summed E-state index contributed by atoms with van der Waals surface area (Å²) in [6, 6.07) is 0. The molecule has 0 atom stereocenters. The van der Waals surface area contributed by atoms with Crippen LogP contribution in [-0.2, 0) is 0 Å². The van der Waals surface area contributed by atoms with Crippen molar-refractivity contribution in [2.45, 2.75) is 6.92 Å². The van der Waals surface area contributed by atoms with Gasteiger partial charge < -0.3 is 20.3 Å². The maximum atomic E-state index is 8.97. The summed E-state index contributed by atoms with van der Waals surface area (Å²) in [7, 11) is 1.87. The number of fused-ring (bicyclic) bond motifs is 1. The fraction of sp³-hybridized carbons (Fsp3) is 0.500. The molecule has 0 aliphatic carbocycles. The maximum Gasteiger partial charge on any atom is 0.226 e. The van der Waals surface area contributed by atoms with Gasteiger partial charge in [0, 0.05) is 20.1 Å². The number of nitrogens with zero attached hydrogens (tertiary/aromatic N) is 4. The summed E-state index contributed by atoms with van der Waals surface area (Å²) < 4.78 is 0. The SMILES string of the molecule is CCNc1nc(N(C)CCO)c2[nH]cnc2n1. The Hall–Kier alpha value is -1.89. The van der Waals surface area contributed by atoms with E-state index >= 15 is 0 Å². The number of H-pyrrole nitrogens is 1. The Kier molecular flexibility index (Phi) is 3.38. The van der Waals surface area contributed by atoms with E-state index in [0.717, 1.165) is 17.9 Å². The van der Waals surface area contributed by atoms with Gasteiger partial charge in [0.2, 0.25) is 5.95 Å². The minimum Gasteiger partial charge on any atom is -0.395 e. The van der Waals surface area contributed by atoms with E-state index in [1.165, 1.54) is 0 Å². The molecule has 0 unspecified atom stereocenters. The first-order valence-corrected chi connectivity index (χ1v) is 5.53. The minimum absolute atomic E-state index is 0.0761. The van der Waals surface area contributed by atoms with E-state index in [1.807, 2.05) is 18.9 Å². The van der Waals surface area contributed by atoms with Gasteiger partial charge in [0.25, 0.3) is 0 Å². The van der Waals surface area contributed by atoms with E-state index in [2.05, 4.69) is 25.3 Å². The Morgan fingerprint density at radius 1 is 1.47 bits per heavy atom. The largest absolute Gasteiger partial charge is 0.395 e. The molecule has 0 spiro atoms. The normalized spacial score (nSPS) is 10.8. The Bertz CT molecular complexity index is 497. The van der Waals surface area contributed by atoms with Crippen LogP contribution >= 0.6 is 0 Å². The molecule has 2 heterocycles. The lowest BCUT2D eigenvalue weighted by molar-refractivity contribution is 0.304. The summed E-state index contributed by atoms with van der Waals surface area (Å²) in [6.45, 7) is 3.32. The van der Waals surface area contributed by atoms with Crippen LogP contribution in [0.1, 0.15) is 6.92 Å². The predicted molar refractivity (Wildman–Crippen MR) is 66.2 cm³/mol. The van der Waals surface area contributed by atoms with Crippen molar-refractivity contribution in [2.24, 2.45) is 0 Å². The molecule has 0 amide bonds. The van der Waals surface area contributed by atoms with Gasteiger partial charge in [-0.15, -0.1) is 0 Å². The number of rotatable bonds is 5. The summed E-state index contributed by atoms with van der Waals surface area (Å²) in [5.74, 6) is 1.28. The average Bonchev–Trinajstić information content (AvgIpc) is 2.76. The van der Waals surface area contributed by atoms with Gasteiger partial charge in [-0.1, -0.05) is 0 Å². The highest BCUT2D eigenvalue weighted by Crippen LogP contribution is 2.21. The third kappa shape index (κ3) is 2.28. The molecule has 3 N–H and O–H groups in total. The molecule has 17 heavy (non-hydrogen) atoms. The van der Waals surface area contributed by atoms with Crippen LogP contribution < -0.4 is 10.2 Å². The molecule has 0 fully saturated rings. The van der Waals surface area contributed by atoms with Gasteiger partial charge in [0.15, 0.2) is 11.5 Å². The zero-order valence-corrected chi connectivity index (χ0v) is 9.93. The van der Waals surface area contributed by atoms with Crippen LogP contribution in [-0.4, -0.2) is 51.8 Å². The molecular formula is C10H16N6O. The van der Waals surface area contributed by atoms with Gasteiger partial charge in [-0.2, -0.15) is 9.97 Å². The number of likely N-dealkylation sites (N-methyl/N-ethyl adjacent to an activating group) is 1. The number of aromatic amines is 1. The molecule has 0 aromatic carbocycles. The topological polar surface area (TPSA) is 90.0 Å². The van der Waals surface area contributed by atoms with E-state index in [4.69, 9.17) is 5.11 Å². The van der Waals surface area contributed by atoms with Crippen molar-refractivity contribution in [3.8, 4) is 0 Å². The van der Waals surface area contributed by atoms with Crippen LogP contribution in [0.3, 0.4) is 0 Å². The standard InChI is InChI=1S/C10H16N6O/c1-3-11-10-14-8-7(12-6-13-8)9(15-10)16(2)4-5-17/h6,17H,3-5H2,1-2H3,(H2,11,12,13,14,15). The van der Waals surface area contributed by atoms with Crippen molar-refractivity contribution >= 4 is 22.9 Å². The quantitative estimate of drug-likeness (QED) is 0.687. The van der Waals surface area contributed by atoms with Crippen molar-refractivity contribution in [3.05, 3.63) is 6.33 Å². The van der Waals surface area contributed by atoms with Crippen molar-refractivity contribution < 1.29 is 5.11 Å². The van der Waals surface area contributed by atoms with Gasteiger partial charge in [-0.25, -0.2) is 4.98 Å². The lowest BCUT2D eigenvalue weighted by Gasteiger charge is -2.17. The fourth-order valence-electron chi connectivity index (χ4n) is 1.59. The van der Waals surface area contributed by atoms with Gasteiger partial charge in [0.05, 0.1) is 12.9 Å². The molecule has 0 aliphatic heterocycles. The number of aromatic nitrogens is 4. The van der Waals surface area contributed by atoms with Crippen LogP contribution in [0.15, 0.2) is 6.33 Å². The smallest absolute Gasteiger partial charge is 0.226 e. The zero-order valence-electron chi connectivity index (χ0n) is 9.93. The summed E-state index contributed by atoms with van der Waals surface area (Å²) in [5, 5.41) is 12.0. The number of nitrogens with one attached hydrogen (secondary N) is 2. The Morgan fingerprint density at radius 2 is 2.29 bits per heavy atom. The monoisotopic (exact) mass is 236 g/mol. The first-order chi connectivity index (χ1) is 8.26. The van der Waals surface area contributed by atoms with Crippen LogP contribution in [0.5, 0.6) is 0 Å². The van der Waals surface area contributed by atoms with Gasteiger partial charge >= 0.3 is 0 Å². The Balaban J connectivity index is 2.46. The fourth-order valence-corrected chi connectivity index (χ4v) is 1.59. The number of hydrogen-bond acceptors (Lipinski definition) is 6. The summed E-state index contributed by atoms with van der Waals surface area (Å²) in [6.07, 6.45) is 1.59. The molecule has 0 aliphatic rings. The van der Waals surface area contributed by atoms with Crippen molar-refractivity contribution in [2.75, 3.05) is 37.0 Å². The van der Waals surface area contributed by atoms with E-state index in [0.29, 0.717) is 18.1 Å². The lowest BCUT2D eigenvalue weighted by Crippen LogP contribution is -2.23. The summed E-state index contributed by atoms with van der Waals surface area (Å²) >= 11 is 0. The maximum absolute atomic E-state index is 8.97. The molecule has 7 heteroatoms. The second-order valence-electron chi connectivity index (χ2n) is 3.65. The first kappa shape index (κ1) is 11.6. The second-order valence-corrected chi connectivity index (χ2v) is 3.65. The number of hydrogen-bond donors (Lipinski definition) is 3. The summed E-state index contributed by atoms with van der Waals surface area (Å²) in [4.78, 5) is 17.7. The van der Waals surface area contributed by atoms with E-state index in [9.17, 15) is 0 Å². The van der Waals surface area contributed by atoms with Gasteiger partial charge in [-0.05, 0) is 6.92 Å². The second kappa shape index (κ2) is 4.96.